The van der Waals surface area contributed by atoms with Crippen molar-refractivity contribution in [2.75, 3.05) is 18.5 Å². The van der Waals surface area contributed by atoms with Crippen LogP contribution < -0.4 is 5.32 Å². The highest BCUT2D eigenvalue weighted by atomic mass is 79.9. The summed E-state index contributed by atoms with van der Waals surface area (Å²) in [7, 11) is 0. The number of thiophene rings is 1. The quantitative estimate of drug-likeness (QED) is 0.905. The van der Waals surface area contributed by atoms with Crippen molar-refractivity contribution in [2.24, 2.45) is 0 Å². The van der Waals surface area contributed by atoms with Crippen molar-refractivity contribution in [3.63, 3.8) is 0 Å². The predicted octanol–water partition coefficient (Wildman–Crippen LogP) is 4.38. The molecule has 1 unspecified atom stereocenters. The van der Waals surface area contributed by atoms with Gasteiger partial charge in [-0.15, -0.1) is 11.3 Å². The molecule has 4 heteroatoms. The van der Waals surface area contributed by atoms with Crippen LogP contribution in [0.2, 0.25) is 0 Å². The second kappa shape index (κ2) is 5.43. The highest BCUT2D eigenvalue weighted by Crippen LogP contribution is 2.31. The van der Waals surface area contributed by atoms with Crippen LogP contribution in [-0.4, -0.2) is 19.3 Å². The highest BCUT2D eigenvalue weighted by Gasteiger charge is 2.15. The molecule has 1 aliphatic heterocycles. The van der Waals surface area contributed by atoms with Gasteiger partial charge in [-0.1, -0.05) is 28.1 Å². The predicted molar refractivity (Wildman–Crippen MR) is 80.3 cm³/mol. The van der Waals surface area contributed by atoms with Gasteiger partial charge in [0.1, 0.15) is 0 Å². The number of halogens is 1. The van der Waals surface area contributed by atoms with E-state index in [0.29, 0.717) is 6.04 Å². The van der Waals surface area contributed by atoms with Crippen molar-refractivity contribution in [1.82, 2.24) is 0 Å². The van der Waals surface area contributed by atoms with Crippen molar-refractivity contribution >= 4 is 33.0 Å². The second-order valence-corrected chi connectivity index (χ2v) is 6.24. The van der Waals surface area contributed by atoms with E-state index in [9.17, 15) is 0 Å². The molecule has 0 saturated carbocycles. The van der Waals surface area contributed by atoms with Crippen LogP contribution in [0.5, 0.6) is 0 Å². The first kappa shape index (κ1) is 12.2. The zero-order chi connectivity index (χ0) is 12.4. The van der Waals surface area contributed by atoms with Crippen molar-refractivity contribution in [3.05, 3.63) is 40.2 Å². The van der Waals surface area contributed by atoms with Gasteiger partial charge in [0.15, 0.2) is 0 Å². The standard InChI is InChI=1S/C14H14BrNOS/c15-11-3-1-2-10(6-11)14-7-13(9-18-14)16-12-4-5-17-8-12/h1-3,6-7,9,12,16H,4-5,8H2. The molecule has 18 heavy (non-hydrogen) atoms. The number of nitrogens with one attached hydrogen (secondary N) is 1. The number of anilines is 1. The van der Waals surface area contributed by atoms with E-state index in [0.717, 1.165) is 24.1 Å². The Kier molecular flexibility index (Phi) is 3.68. The Morgan fingerprint density at radius 1 is 1.33 bits per heavy atom. The molecule has 1 aromatic heterocycles. The summed E-state index contributed by atoms with van der Waals surface area (Å²) >= 11 is 5.28. The maximum absolute atomic E-state index is 5.37. The fourth-order valence-corrected chi connectivity index (χ4v) is 3.34. The SMILES string of the molecule is Brc1cccc(-c2cc(NC3CCOC3)cs2)c1. The number of ether oxygens (including phenoxy) is 1. The van der Waals surface area contributed by atoms with Crippen LogP contribution in [0.3, 0.4) is 0 Å². The topological polar surface area (TPSA) is 21.3 Å². The zero-order valence-corrected chi connectivity index (χ0v) is 12.3. The third-order valence-electron chi connectivity index (χ3n) is 3.01. The van der Waals surface area contributed by atoms with Crippen LogP contribution in [0.4, 0.5) is 5.69 Å². The van der Waals surface area contributed by atoms with Crippen molar-refractivity contribution in [2.45, 2.75) is 12.5 Å². The molecular formula is C14H14BrNOS. The van der Waals surface area contributed by atoms with Gasteiger partial charge in [0.25, 0.3) is 0 Å². The molecule has 1 saturated heterocycles. The van der Waals surface area contributed by atoms with Gasteiger partial charge in [-0.2, -0.15) is 0 Å². The summed E-state index contributed by atoms with van der Waals surface area (Å²) in [5.41, 5.74) is 2.45. The summed E-state index contributed by atoms with van der Waals surface area (Å²) in [4.78, 5) is 1.29. The summed E-state index contributed by atoms with van der Waals surface area (Å²) in [5, 5.41) is 5.69. The Bertz CT molecular complexity index is 534. The largest absolute Gasteiger partial charge is 0.379 e. The van der Waals surface area contributed by atoms with Crippen molar-refractivity contribution in [3.8, 4) is 10.4 Å². The van der Waals surface area contributed by atoms with E-state index in [1.165, 1.54) is 16.1 Å². The summed E-state index contributed by atoms with van der Waals surface area (Å²) in [5.74, 6) is 0. The van der Waals surface area contributed by atoms with Gasteiger partial charge in [0, 0.05) is 27.0 Å². The zero-order valence-electron chi connectivity index (χ0n) is 9.86. The van der Waals surface area contributed by atoms with E-state index in [4.69, 9.17) is 4.74 Å². The Morgan fingerprint density at radius 3 is 3.06 bits per heavy atom. The lowest BCUT2D eigenvalue weighted by molar-refractivity contribution is 0.195. The van der Waals surface area contributed by atoms with Crippen LogP contribution >= 0.6 is 27.3 Å². The molecule has 0 amide bonds. The van der Waals surface area contributed by atoms with E-state index in [2.05, 4.69) is 50.9 Å². The maximum Gasteiger partial charge on any atom is 0.0668 e. The molecule has 2 nitrogen and oxygen atoms in total. The number of rotatable bonds is 3. The Morgan fingerprint density at radius 2 is 2.28 bits per heavy atom. The molecule has 0 bridgehead atoms. The summed E-state index contributed by atoms with van der Waals surface area (Å²) in [6.07, 6.45) is 1.10. The number of hydrogen-bond acceptors (Lipinski definition) is 3. The molecule has 1 fully saturated rings. The van der Waals surface area contributed by atoms with Gasteiger partial charge < -0.3 is 10.1 Å². The third kappa shape index (κ3) is 2.76. The molecule has 0 aliphatic carbocycles. The van der Waals surface area contributed by atoms with Crippen molar-refractivity contribution in [1.29, 1.82) is 0 Å². The van der Waals surface area contributed by atoms with Gasteiger partial charge in [-0.25, -0.2) is 0 Å². The minimum absolute atomic E-state index is 0.468. The number of hydrogen-bond donors (Lipinski definition) is 1. The maximum atomic E-state index is 5.37. The first-order chi connectivity index (χ1) is 8.81. The molecule has 0 spiro atoms. The monoisotopic (exact) mass is 323 g/mol. The third-order valence-corrected chi connectivity index (χ3v) is 4.48. The van der Waals surface area contributed by atoms with Gasteiger partial charge in [0.2, 0.25) is 0 Å². The summed E-state index contributed by atoms with van der Waals surface area (Å²) < 4.78 is 6.49. The molecule has 2 aromatic rings. The molecule has 94 valence electrons. The Hall–Kier alpha value is -0.840. The minimum Gasteiger partial charge on any atom is -0.379 e. The lowest BCUT2D eigenvalue weighted by Gasteiger charge is -2.09. The molecule has 3 rings (SSSR count). The first-order valence-corrected chi connectivity index (χ1v) is 7.67. The highest BCUT2D eigenvalue weighted by molar-refractivity contribution is 9.10. The Balaban J connectivity index is 1.76. The molecular weight excluding hydrogens is 310 g/mol. The van der Waals surface area contributed by atoms with E-state index in [1.54, 1.807) is 11.3 Å². The first-order valence-electron chi connectivity index (χ1n) is 6.00. The fourth-order valence-electron chi connectivity index (χ4n) is 2.09. The van der Waals surface area contributed by atoms with E-state index in [1.807, 2.05) is 6.07 Å². The normalized spacial score (nSPS) is 19.1. The van der Waals surface area contributed by atoms with Gasteiger partial charge in [-0.3, -0.25) is 0 Å². The van der Waals surface area contributed by atoms with E-state index < -0.39 is 0 Å². The van der Waals surface area contributed by atoms with Crippen LogP contribution in [-0.2, 0) is 4.74 Å². The molecule has 2 heterocycles. The van der Waals surface area contributed by atoms with Gasteiger partial charge in [0.05, 0.1) is 12.6 Å². The smallest absolute Gasteiger partial charge is 0.0668 e. The molecule has 1 aromatic carbocycles. The summed E-state index contributed by atoms with van der Waals surface area (Å²) in [6, 6.07) is 11.1. The van der Waals surface area contributed by atoms with Gasteiger partial charge in [-0.05, 0) is 30.2 Å². The van der Waals surface area contributed by atoms with Crippen LogP contribution in [0.1, 0.15) is 6.42 Å². The Labute approximate surface area is 119 Å². The average molecular weight is 324 g/mol. The van der Waals surface area contributed by atoms with E-state index >= 15 is 0 Å². The van der Waals surface area contributed by atoms with Crippen molar-refractivity contribution < 1.29 is 4.74 Å². The number of benzene rings is 1. The van der Waals surface area contributed by atoms with Crippen LogP contribution in [0, 0.1) is 0 Å². The fraction of sp³-hybridized carbons (Fsp3) is 0.286. The average Bonchev–Trinajstić information content (AvgIpc) is 3.01. The molecule has 1 N–H and O–H groups in total. The molecule has 1 atom stereocenters. The van der Waals surface area contributed by atoms with Gasteiger partial charge >= 0.3 is 0 Å². The minimum atomic E-state index is 0.468. The summed E-state index contributed by atoms with van der Waals surface area (Å²) in [6.45, 7) is 1.70. The second-order valence-electron chi connectivity index (χ2n) is 4.41. The lowest BCUT2D eigenvalue weighted by Crippen LogP contribution is -2.18. The van der Waals surface area contributed by atoms with Crippen LogP contribution in [0.25, 0.3) is 10.4 Å². The lowest BCUT2D eigenvalue weighted by atomic mass is 10.2. The molecule has 1 aliphatic rings. The molecule has 0 radical (unpaired) electrons. The van der Waals surface area contributed by atoms with Crippen LogP contribution in [0.15, 0.2) is 40.2 Å². The van der Waals surface area contributed by atoms with E-state index in [-0.39, 0.29) is 0 Å².